The van der Waals surface area contributed by atoms with Crippen LogP contribution in [0.1, 0.15) is 18.3 Å². The molecule has 120 valence electrons. The van der Waals surface area contributed by atoms with Gasteiger partial charge in [0.2, 0.25) is 10.0 Å². The van der Waals surface area contributed by atoms with Gasteiger partial charge in [-0.05, 0) is 38.6 Å². The second-order valence-electron chi connectivity index (χ2n) is 5.31. The minimum absolute atomic E-state index is 0.242. The average molecular weight is 324 g/mol. The number of benzene rings is 1. The molecular formula is C14H20N4O3S. The Morgan fingerprint density at radius 1 is 1.36 bits per heavy atom. The third-order valence-corrected chi connectivity index (χ3v) is 3.82. The molecule has 0 fully saturated rings. The van der Waals surface area contributed by atoms with E-state index < -0.39 is 10.0 Å². The van der Waals surface area contributed by atoms with Crippen LogP contribution in [0, 0.1) is 6.92 Å². The van der Waals surface area contributed by atoms with Crippen LogP contribution in [0.5, 0.6) is 0 Å². The first-order valence-corrected chi connectivity index (χ1v) is 8.76. The molecule has 0 saturated heterocycles. The van der Waals surface area contributed by atoms with Gasteiger partial charge >= 0.3 is 0 Å². The zero-order valence-electron chi connectivity index (χ0n) is 13.0. The van der Waals surface area contributed by atoms with Crippen molar-refractivity contribution in [1.82, 2.24) is 15.5 Å². The maximum absolute atomic E-state index is 11.4. The van der Waals surface area contributed by atoms with Crippen molar-refractivity contribution >= 4 is 15.7 Å². The first-order valence-electron chi connectivity index (χ1n) is 6.87. The van der Waals surface area contributed by atoms with Gasteiger partial charge in [-0.1, -0.05) is 11.2 Å². The second kappa shape index (κ2) is 6.45. The summed E-state index contributed by atoms with van der Waals surface area (Å²) in [6, 6.07) is 5.56. The molecule has 0 aliphatic rings. The quantitative estimate of drug-likeness (QED) is 0.837. The third-order valence-electron chi connectivity index (χ3n) is 3.23. The number of hydrogen-bond acceptors (Lipinski definition) is 6. The van der Waals surface area contributed by atoms with E-state index in [2.05, 4.69) is 20.2 Å². The van der Waals surface area contributed by atoms with Crippen molar-refractivity contribution in [2.24, 2.45) is 0 Å². The number of rotatable bonds is 6. The fraction of sp³-hybridized carbons (Fsp3) is 0.429. The zero-order chi connectivity index (χ0) is 16.3. The fourth-order valence-electron chi connectivity index (χ4n) is 1.89. The van der Waals surface area contributed by atoms with E-state index in [1.165, 1.54) is 0 Å². The molecule has 1 aromatic carbocycles. The number of hydrogen-bond donors (Lipinski definition) is 2. The van der Waals surface area contributed by atoms with E-state index in [1.807, 2.05) is 33.0 Å². The molecule has 2 aromatic rings. The minimum atomic E-state index is -3.34. The van der Waals surface area contributed by atoms with Gasteiger partial charge in [-0.15, -0.1) is 0 Å². The van der Waals surface area contributed by atoms with Gasteiger partial charge in [-0.3, -0.25) is 4.72 Å². The van der Waals surface area contributed by atoms with Crippen LogP contribution in [0.15, 0.2) is 22.7 Å². The van der Waals surface area contributed by atoms with Crippen molar-refractivity contribution in [2.45, 2.75) is 26.3 Å². The predicted molar refractivity (Wildman–Crippen MR) is 85.2 cm³/mol. The van der Waals surface area contributed by atoms with Crippen LogP contribution in [0.4, 0.5) is 5.69 Å². The molecule has 8 heteroatoms. The fourth-order valence-corrected chi connectivity index (χ4v) is 2.51. The van der Waals surface area contributed by atoms with E-state index in [0.717, 1.165) is 11.8 Å². The highest BCUT2D eigenvalue weighted by molar-refractivity contribution is 7.92. The summed E-state index contributed by atoms with van der Waals surface area (Å²) in [6.45, 7) is 3.85. The van der Waals surface area contributed by atoms with E-state index in [4.69, 9.17) is 4.52 Å². The van der Waals surface area contributed by atoms with E-state index in [-0.39, 0.29) is 6.04 Å². The normalized spacial score (nSPS) is 13.1. The van der Waals surface area contributed by atoms with Crippen LogP contribution >= 0.6 is 0 Å². The number of nitrogens with one attached hydrogen (secondary N) is 2. The summed E-state index contributed by atoms with van der Waals surface area (Å²) in [4.78, 5) is 4.34. The van der Waals surface area contributed by atoms with Crippen molar-refractivity contribution in [3.8, 4) is 11.5 Å². The molecule has 1 atom stereocenters. The summed E-state index contributed by atoms with van der Waals surface area (Å²) >= 11 is 0. The Labute approximate surface area is 130 Å². The zero-order valence-corrected chi connectivity index (χ0v) is 13.9. The number of sulfonamides is 1. The Balaban J connectivity index is 2.28. The van der Waals surface area contributed by atoms with Crippen molar-refractivity contribution in [1.29, 1.82) is 0 Å². The Morgan fingerprint density at radius 3 is 2.73 bits per heavy atom. The summed E-state index contributed by atoms with van der Waals surface area (Å²) in [5.41, 5.74) is 1.99. The SMILES string of the molecule is CNC(C)Cc1noc(-c2ccc(C)c(NS(C)(=O)=O)c2)n1. The standard InChI is InChI=1S/C14H20N4O3S/c1-9-5-6-11(8-12(9)18-22(4,19)20)14-16-13(17-21-14)7-10(2)15-3/h5-6,8,10,15,18H,7H2,1-4H3. The Hall–Kier alpha value is -1.93. The Bertz CT molecular complexity index is 755. The molecular weight excluding hydrogens is 304 g/mol. The van der Waals surface area contributed by atoms with Gasteiger partial charge in [0.1, 0.15) is 0 Å². The van der Waals surface area contributed by atoms with E-state index in [9.17, 15) is 8.42 Å². The first kappa shape index (κ1) is 16.4. The minimum Gasteiger partial charge on any atom is -0.334 e. The molecule has 2 rings (SSSR count). The van der Waals surface area contributed by atoms with Crippen molar-refractivity contribution in [3.63, 3.8) is 0 Å². The molecule has 0 aliphatic carbocycles. The highest BCUT2D eigenvalue weighted by Gasteiger charge is 2.13. The third kappa shape index (κ3) is 4.28. The summed E-state index contributed by atoms with van der Waals surface area (Å²) in [6.07, 6.45) is 1.77. The lowest BCUT2D eigenvalue weighted by molar-refractivity contribution is 0.418. The van der Waals surface area contributed by atoms with E-state index in [1.54, 1.807) is 6.07 Å². The summed E-state index contributed by atoms with van der Waals surface area (Å²) in [5, 5.41) is 7.05. The van der Waals surface area contributed by atoms with Gasteiger partial charge in [0, 0.05) is 18.0 Å². The highest BCUT2D eigenvalue weighted by Crippen LogP contribution is 2.25. The second-order valence-corrected chi connectivity index (χ2v) is 7.06. The Morgan fingerprint density at radius 2 is 2.09 bits per heavy atom. The number of nitrogens with zero attached hydrogens (tertiary/aromatic N) is 2. The first-order chi connectivity index (χ1) is 10.3. The molecule has 0 radical (unpaired) electrons. The molecule has 0 amide bonds. The smallest absolute Gasteiger partial charge is 0.257 e. The van der Waals surface area contributed by atoms with Crippen molar-refractivity contribution < 1.29 is 12.9 Å². The van der Waals surface area contributed by atoms with Crippen LogP contribution in [0.3, 0.4) is 0 Å². The van der Waals surface area contributed by atoms with Crippen LogP contribution in [-0.2, 0) is 16.4 Å². The number of aryl methyl sites for hydroxylation is 1. The molecule has 0 bridgehead atoms. The molecule has 1 aromatic heterocycles. The van der Waals surface area contributed by atoms with Gasteiger partial charge in [-0.25, -0.2) is 8.42 Å². The Kier molecular flexibility index (Phi) is 4.82. The van der Waals surface area contributed by atoms with Crippen molar-refractivity contribution in [3.05, 3.63) is 29.6 Å². The van der Waals surface area contributed by atoms with Crippen LogP contribution in [-0.4, -0.2) is 37.9 Å². The van der Waals surface area contributed by atoms with Gasteiger partial charge in [-0.2, -0.15) is 4.98 Å². The number of likely N-dealkylation sites (N-methyl/N-ethyl adjacent to an activating group) is 1. The molecule has 1 heterocycles. The van der Waals surface area contributed by atoms with E-state index >= 15 is 0 Å². The number of aromatic nitrogens is 2. The summed E-state index contributed by atoms with van der Waals surface area (Å²) < 4.78 is 30.5. The lowest BCUT2D eigenvalue weighted by Gasteiger charge is -2.08. The largest absolute Gasteiger partial charge is 0.334 e. The highest BCUT2D eigenvalue weighted by atomic mass is 32.2. The summed E-state index contributed by atoms with van der Waals surface area (Å²) in [5.74, 6) is 0.977. The lowest BCUT2D eigenvalue weighted by atomic mass is 10.1. The molecule has 22 heavy (non-hydrogen) atoms. The molecule has 7 nitrogen and oxygen atoms in total. The molecule has 1 unspecified atom stereocenters. The maximum Gasteiger partial charge on any atom is 0.257 e. The topological polar surface area (TPSA) is 97.1 Å². The van der Waals surface area contributed by atoms with Gasteiger partial charge < -0.3 is 9.84 Å². The molecule has 0 aliphatic heterocycles. The predicted octanol–water partition coefficient (Wildman–Crippen LogP) is 1.57. The lowest BCUT2D eigenvalue weighted by Crippen LogP contribution is -2.24. The number of anilines is 1. The van der Waals surface area contributed by atoms with Crippen LogP contribution < -0.4 is 10.0 Å². The maximum atomic E-state index is 11.4. The average Bonchev–Trinajstić information content (AvgIpc) is 2.88. The molecule has 0 saturated carbocycles. The van der Waals surface area contributed by atoms with Gasteiger partial charge in [0.15, 0.2) is 5.82 Å². The van der Waals surface area contributed by atoms with Crippen LogP contribution in [0.2, 0.25) is 0 Å². The van der Waals surface area contributed by atoms with Crippen LogP contribution in [0.25, 0.3) is 11.5 Å². The monoisotopic (exact) mass is 324 g/mol. The van der Waals surface area contributed by atoms with Gasteiger partial charge in [0.25, 0.3) is 5.89 Å². The van der Waals surface area contributed by atoms with Crippen molar-refractivity contribution in [2.75, 3.05) is 18.0 Å². The molecule has 2 N–H and O–H groups in total. The van der Waals surface area contributed by atoms with Gasteiger partial charge in [0.05, 0.1) is 11.9 Å². The summed E-state index contributed by atoms with van der Waals surface area (Å²) in [7, 11) is -1.47. The van der Waals surface area contributed by atoms with E-state index in [0.29, 0.717) is 29.4 Å². The molecule has 0 spiro atoms.